The van der Waals surface area contributed by atoms with E-state index in [4.69, 9.17) is 0 Å². The van der Waals surface area contributed by atoms with Crippen LogP contribution in [0.5, 0.6) is 0 Å². The van der Waals surface area contributed by atoms with Gasteiger partial charge in [-0.05, 0) is 18.6 Å². The van der Waals surface area contributed by atoms with Crippen molar-refractivity contribution in [2.24, 2.45) is 0 Å². The fourth-order valence-electron chi connectivity index (χ4n) is 1.87. The van der Waals surface area contributed by atoms with Crippen molar-refractivity contribution in [1.29, 1.82) is 0 Å². The van der Waals surface area contributed by atoms with Gasteiger partial charge in [-0.3, -0.25) is 0 Å². The van der Waals surface area contributed by atoms with Crippen molar-refractivity contribution in [1.82, 2.24) is 4.31 Å². The van der Waals surface area contributed by atoms with Gasteiger partial charge in [-0.15, -0.1) is 11.3 Å². The Labute approximate surface area is 109 Å². The molecular weight excluding hydrogens is 280 g/mol. The summed E-state index contributed by atoms with van der Waals surface area (Å²) in [5, 5.41) is 0. The molecule has 18 heavy (non-hydrogen) atoms. The fraction of sp³-hybridized carbons (Fsp3) is 0.636. The highest BCUT2D eigenvalue weighted by atomic mass is 32.2. The summed E-state index contributed by atoms with van der Waals surface area (Å²) in [4.78, 5) is 0.982. The zero-order valence-corrected chi connectivity index (χ0v) is 11.7. The van der Waals surface area contributed by atoms with Crippen LogP contribution in [-0.4, -0.2) is 31.7 Å². The molecule has 102 valence electrons. The standard InChI is InChI=1S/C11H15F2NO2S2/c1-2-9-3-4-10(17-9)18(15,16)14-7-5-11(12,13)6-8-14/h3-4H,2,5-8H2,1H3. The second kappa shape index (κ2) is 4.86. The van der Waals surface area contributed by atoms with Gasteiger partial charge in [0.1, 0.15) is 4.21 Å². The number of piperidine rings is 1. The lowest BCUT2D eigenvalue weighted by Crippen LogP contribution is -2.42. The molecule has 1 aromatic rings. The van der Waals surface area contributed by atoms with Crippen molar-refractivity contribution >= 4 is 21.4 Å². The van der Waals surface area contributed by atoms with Crippen LogP contribution in [0, 0.1) is 0 Å². The minimum Gasteiger partial charge on any atom is -0.207 e. The van der Waals surface area contributed by atoms with E-state index in [1.54, 1.807) is 12.1 Å². The monoisotopic (exact) mass is 295 g/mol. The molecule has 1 saturated heterocycles. The van der Waals surface area contributed by atoms with Gasteiger partial charge in [0.2, 0.25) is 0 Å². The van der Waals surface area contributed by atoms with E-state index in [1.807, 2.05) is 6.92 Å². The lowest BCUT2D eigenvalue weighted by atomic mass is 10.1. The number of hydrogen-bond donors (Lipinski definition) is 0. The van der Waals surface area contributed by atoms with Crippen molar-refractivity contribution in [2.75, 3.05) is 13.1 Å². The number of nitrogens with zero attached hydrogens (tertiary/aromatic N) is 1. The Morgan fingerprint density at radius 1 is 1.33 bits per heavy atom. The van der Waals surface area contributed by atoms with E-state index in [-0.39, 0.29) is 17.3 Å². The molecule has 0 aromatic carbocycles. The summed E-state index contributed by atoms with van der Waals surface area (Å²) >= 11 is 1.22. The minimum atomic E-state index is -3.58. The molecule has 1 aliphatic heterocycles. The highest BCUT2D eigenvalue weighted by molar-refractivity contribution is 7.91. The van der Waals surface area contributed by atoms with Crippen LogP contribution in [0.25, 0.3) is 0 Å². The van der Waals surface area contributed by atoms with Crippen molar-refractivity contribution in [3.8, 4) is 0 Å². The van der Waals surface area contributed by atoms with Crippen molar-refractivity contribution in [2.45, 2.75) is 36.3 Å². The van der Waals surface area contributed by atoms with Gasteiger partial charge in [-0.2, -0.15) is 4.31 Å². The lowest BCUT2D eigenvalue weighted by molar-refractivity contribution is -0.0411. The van der Waals surface area contributed by atoms with Gasteiger partial charge in [0, 0.05) is 30.8 Å². The van der Waals surface area contributed by atoms with Gasteiger partial charge < -0.3 is 0 Å². The molecule has 0 atom stereocenters. The lowest BCUT2D eigenvalue weighted by Gasteiger charge is -2.30. The fourth-order valence-corrected chi connectivity index (χ4v) is 4.76. The molecule has 7 heteroatoms. The summed E-state index contributed by atoms with van der Waals surface area (Å²) in [7, 11) is -3.58. The van der Waals surface area contributed by atoms with Gasteiger partial charge in [0.05, 0.1) is 0 Å². The summed E-state index contributed by atoms with van der Waals surface area (Å²) in [5.74, 6) is -2.73. The zero-order chi connectivity index (χ0) is 13.4. The number of hydrogen-bond acceptors (Lipinski definition) is 3. The molecule has 1 fully saturated rings. The van der Waals surface area contributed by atoms with Crippen LogP contribution in [0.15, 0.2) is 16.3 Å². The van der Waals surface area contributed by atoms with Crippen LogP contribution in [-0.2, 0) is 16.4 Å². The van der Waals surface area contributed by atoms with E-state index in [0.29, 0.717) is 0 Å². The second-order valence-electron chi connectivity index (χ2n) is 4.33. The topological polar surface area (TPSA) is 37.4 Å². The first-order valence-electron chi connectivity index (χ1n) is 5.82. The molecule has 0 aliphatic carbocycles. The third-order valence-electron chi connectivity index (χ3n) is 3.03. The van der Waals surface area contributed by atoms with E-state index in [9.17, 15) is 17.2 Å². The maximum absolute atomic E-state index is 13.0. The quantitative estimate of drug-likeness (QED) is 0.860. The summed E-state index contributed by atoms with van der Waals surface area (Å²) in [6.45, 7) is 1.74. The van der Waals surface area contributed by atoms with Gasteiger partial charge in [-0.1, -0.05) is 6.92 Å². The number of alkyl halides is 2. The van der Waals surface area contributed by atoms with E-state index >= 15 is 0 Å². The number of halogens is 2. The van der Waals surface area contributed by atoms with Crippen LogP contribution in [0.1, 0.15) is 24.6 Å². The Morgan fingerprint density at radius 2 is 1.94 bits per heavy atom. The Hall–Kier alpha value is -0.530. The predicted octanol–water partition coefficient (Wildman–Crippen LogP) is 2.73. The van der Waals surface area contributed by atoms with Crippen LogP contribution < -0.4 is 0 Å². The van der Waals surface area contributed by atoms with Crippen molar-refractivity contribution in [3.63, 3.8) is 0 Å². The average Bonchev–Trinajstić information content (AvgIpc) is 2.77. The van der Waals surface area contributed by atoms with Gasteiger partial charge >= 0.3 is 0 Å². The zero-order valence-electron chi connectivity index (χ0n) is 10.0. The second-order valence-corrected chi connectivity index (χ2v) is 7.67. The highest BCUT2D eigenvalue weighted by Gasteiger charge is 2.38. The first kappa shape index (κ1) is 13.9. The molecule has 0 radical (unpaired) electrons. The Morgan fingerprint density at radius 3 is 2.44 bits per heavy atom. The Balaban J connectivity index is 2.17. The van der Waals surface area contributed by atoms with E-state index in [0.717, 1.165) is 15.6 Å². The normalized spacial score (nSPS) is 21.1. The molecular formula is C11H15F2NO2S2. The van der Waals surface area contributed by atoms with Gasteiger partial charge in [0.25, 0.3) is 15.9 Å². The van der Waals surface area contributed by atoms with Crippen LogP contribution >= 0.6 is 11.3 Å². The Kier molecular flexibility index (Phi) is 3.75. The third-order valence-corrected chi connectivity index (χ3v) is 6.63. The van der Waals surface area contributed by atoms with Crippen LogP contribution in [0.4, 0.5) is 8.78 Å². The molecule has 2 rings (SSSR count). The van der Waals surface area contributed by atoms with Crippen LogP contribution in [0.2, 0.25) is 0 Å². The Bertz CT molecular complexity index is 515. The molecule has 2 heterocycles. The van der Waals surface area contributed by atoms with Crippen LogP contribution in [0.3, 0.4) is 0 Å². The van der Waals surface area contributed by atoms with Gasteiger partial charge in [0.15, 0.2) is 0 Å². The maximum Gasteiger partial charge on any atom is 0.252 e. The minimum absolute atomic E-state index is 0.102. The molecule has 1 aromatic heterocycles. The van der Waals surface area contributed by atoms with Crippen molar-refractivity contribution in [3.05, 3.63) is 17.0 Å². The van der Waals surface area contributed by atoms with E-state index < -0.39 is 28.8 Å². The molecule has 0 spiro atoms. The first-order chi connectivity index (χ1) is 8.35. The molecule has 1 aliphatic rings. The molecule has 0 amide bonds. The number of sulfonamides is 1. The summed E-state index contributed by atoms with van der Waals surface area (Å²) in [6.07, 6.45) is -0.00522. The number of thiophene rings is 1. The summed E-state index contributed by atoms with van der Waals surface area (Å²) < 4.78 is 51.9. The molecule has 3 nitrogen and oxygen atoms in total. The summed E-state index contributed by atoms with van der Waals surface area (Å²) in [5.41, 5.74) is 0. The van der Waals surface area contributed by atoms with Crippen molar-refractivity contribution < 1.29 is 17.2 Å². The first-order valence-corrected chi connectivity index (χ1v) is 8.07. The SMILES string of the molecule is CCc1ccc(S(=O)(=O)N2CCC(F)(F)CC2)s1. The highest BCUT2D eigenvalue weighted by Crippen LogP contribution is 2.32. The smallest absolute Gasteiger partial charge is 0.207 e. The summed E-state index contributed by atoms with van der Waals surface area (Å²) in [6, 6.07) is 3.34. The molecule has 0 unspecified atom stereocenters. The van der Waals surface area contributed by atoms with Gasteiger partial charge in [-0.25, -0.2) is 17.2 Å². The molecule has 0 N–H and O–H groups in total. The predicted molar refractivity (Wildman–Crippen MR) is 66.6 cm³/mol. The maximum atomic E-state index is 13.0. The molecule has 0 saturated carbocycles. The molecule has 0 bridgehead atoms. The number of rotatable bonds is 3. The van der Waals surface area contributed by atoms with E-state index in [1.165, 1.54) is 11.3 Å². The largest absolute Gasteiger partial charge is 0.252 e. The average molecular weight is 295 g/mol. The third kappa shape index (κ3) is 2.73. The number of aryl methyl sites for hydroxylation is 1. The van der Waals surface area contributed by atoms with E-state index in [2.05, 4.69) is 0 Å².